The Morgan fingerprint density at radius 1 is 1.35 bits per heavy atom. The summed E-state index contributed by atoms with van der Waals surface area (Å²) in [6, 6.07) is 3.04. The van der Waals surface area contributed by atoms with Gasteiger partial charge in [0.15, 0.2) is 0 Å². The maximum Gasteiger partial charge on any atom is 0.254 e. The van der Waals surface area contributed by atoms with Gasteiger partial charge in [-0.3, -0.25) is 4.79 Å². The van der Waals surface area contributed by atoms with Crippen molar-refractivity contribution < 1.29 is 13.6 Å². The molecule has 3 rings (SSSR count). The number of aromatic nitrogens is 2. The van der Waals surface area contributed by atoms with Crippen molar-refractivity contribution in [3.63, 3.8) is 0 Å². The van der Waals surface area contributed by atoms with Gasteiger partial charge in [-0.1, -0.05) is 0 Å². The zero-order chi connectivity index (χ0) is 14.3. The topological polar surface area (TPSA) is 72.9 Å². The third-order valence-electron chi connectivity index (χ3n) is 3.34. The summed E-state index contributed by atoms with van der Waals surface area (Å²) in [7, 11) is 0. The molecule has 1 aliphatic heterocycles. The number of carbonyl (C=O) groups is 1. The fourth-order valence-corrected chi connectivity index (χ4v) is 2.48. The Kier molecular flexibility index (Phi) is 2.89. The fraction of sp³-hybridized carbons (Fsp3) is 0.231. The minimum atomic E-state index is -0.637. The lowest BCUT2D eigenvalue weighted by Crippen LogP contribution is -2.26. The van der Waals surface area contributed by atoms with Crippen LogP contribution in [-0.4, -0.2) is 22.2 Å². The third kappa shape index (κ3) is 2.01. The second-order valence-electron chi connectivity index (χ2n) is 4.65. The normalized spacial score (nSPS) is 17.4. The van der Waals surface area contributed by atoms with Crippen molar-refractivity contribution in [2.75, 3.05) is 11.9 Å². The van der Waals surface area contributed by atoms with Crippen LogP contribution in [0, 0.1) is 11.6 Å². The lowest BCUT2D eigenvalue weighted by molar-refractivity contribution is 0.100. The number of nitrogens with one attached hydrogen (secondary N) is 1. The largest absolute Gasteiger partial charge is 0.369 e. The van der Waals surface area contributed by atoms with Crippen LogP contribution in [-0.2, 0) is 0 Å². The third-order valence-corrected chi connectivity index (χ3v) is 3.34. The number of hydrogen-bond acceptors (Lipinski definition) is 3. The predicted octanol–water partition coefficient (Wildman–Crippen LogP) is 1.67. The van der Waals surface area contributed by atoms with Gasteiger partial charge in [0.1, 0.15) is 23.0 Å². The molecule has 1 unspecified atom stereocenters. The van der Waals surface area contributed by atoms with E-state index in [0.29, 0.717) is 24.3 Å². The van der Waals surface area contributed by atoms with E-state index in [1.54, 1.807) is 0 Å². The molecule has 1 aliphatic rings. The first-order chi connectivity index (χ1) is 9.56. The molecule has 7 heteroatoms. The van der Waals surface area contributed by atoms with E-state index >= 15 is 0 Å². The number of nitrogens with two attached hydrogens (primary N) is 1. The summed E-state index contributed by atoms with van der Waals surface area (Å²) in [5, 5.41) is 7.14. The Balaban J connectivity index is 2.08. The predicted molar refractivity (Wildman–Crippen MR) is 68.3 cm³/mol. The molecule has 0 bridgehead atoms. The van der Waals surface area contributed by atoms with E-state index in [0.717, 1.165) is 6.07 Å². The average Bonchev–Trinajstić information content (AvgIpc) is 2.81. The Morgan fingerprint density at radius 3 is 2.70 bits per heavy atom. The van der Waals surface area contributed by atoms with Gasteiger partial charge in [0.25, 0.3) is 5.91 Å². The van der Waals surface area contributed by atoms with Crippen LogP contribution in [0.4, 0.5) is 14.6 Å². The van der Waals surface area contributed by atoms with Gasteiger partial charge in [0.2, 0.25) is 0 Å². The number of carbonyl (C=O) groups excluding carboxylic acids is 1. The average molecular weight is 278 g/mol. The van der Waals surface area contributed by atoms with Crippen molar-refractivity contribution in [2.24, 2.45) is 5.73 Å². The summed E-state index contributed by atoms with van der Waals surface area (Å²) in [5.41, 5.74) is 6.01. The molecule has 2 aromatic rings. The van der Waals surface area contributed by atoms with Crippen LogP contribution >= 0.6 is 0 Å². The number of fused-ring (bicyclic) bond motifs is 1. The first-order valence-electron chi connectivity index (χ1n) is 6.13. The molecule has 1 atom stereocenters. The second kappa shape index (κ2) is 4.59. The molecule has 5 nitrogen and oxygen atoms in total. The van der Waals surface area contributed by atoms with Crippen LogP contribution in [0.1, 0.15) is 28.4 Å². The van der Waals surface area contributed by atoms with Gasteiger partial charge in [-0.15, -0.1) is 0 Å². The Morgan fingerprint density at radius 2 is 2.05 bits per heavy atom. The molecule has 0 radical (unpaired) electrons. The highest BCUT2D eigenvalue weighted by atomic mass is 19.1. The minimum Gasteiger partial charge on any atom is -0.369 e. The summed E-state index contributed by atoms with van der Waals surface area (Å²) in [6.45, 7) is 0.564. The van der Waals surface area contributed by atoms with Crippen LogP contribution in [0.25, 0.3) is 0 Å². The number of nitrogens with zero attached hydrogens (tertiary/aromatic N) is 2. The second-order valence-corrected chi connectivity index (χ2v) is 4.65. The van der Waals surface area contributed by atoms with Crippen LogP contribution in [0.2, 0.25) is 0 Å². The molecular formula is C13H12F2N4O. The van der Waals surface area contributed by atoms with Crippen LogP contribution < -0.4 is 11.1 Å². The molecule has 0 saturated carbocycles. The van der Waals surface area contributed by atoms with Crippen LogP contribution in [0.5, 0.6) is 0 Å². The van der Waals surface area contributed by atoms with Gasteiger partial charge in [-0.05, 0) is 24.1 Å². The smallest absolute Gasteiger partial charge is 0.254 e. The van der Waals surface area contributed by atoms with E-state index in [-0.39, 0.29) is 11.6 Å². The molecular weight excluding hydrogens is 266 g/mol. The first-order valence-corrected chi connectivity index (χ1v) is 6.13. The number of rotatable bonds is 2. The quantitative estimate of drug-likeness (QED) is 0.877. The number of benzene rings is 1. The zero-order valence-electron chi connectivity index (χ0n) is 10.4. The van der Waals surface area contributed by atoms with E-state index in [4.69, 9.17) is 5.73 Å². The maximum absolute atomic E-state index is 13.3. The molecule has 0 saturated heterocycles. The van der Waals surface area contributed by atoms with Gasteiger partial charge < -0.3 is 11.1 Å². The molecule has 0 spiro atoms. The highest BCUT2D eigenvalue weighted by molar-refractivity contribution is 5.97. The van der Waals surface area contributed by atoms with Gasteiger partial charge in [-0.25, -0.2) is 13.5 Å². The van der Waals surface area contributed by atoms with E-state index in [9.17, 15) is 13.6 Å². The van der Waals surface area contributed by atoms with Crippen LogP contribution in [0.15, 0.2) is 24.4 Å². The summed E-state index contributed by atoms with van der Waals surface area (Å²) in [6.07, 6.45) is 1.97. The van der Waals surface area contributed by atoms with Gasteiger partial charge in [0.05, 0.1) is 12.2 Å². The minimum absolute atomic E-state index is 0.270. The summed E-state index contributed by atoms with van der Waals surface area (Å²) >= 11 is 0. The SMILES string of the molecule is NC(=O)c1cnn2c1NCCC2c1cc(F)cc(F)c1. The first kappa shape index (κ1) is 12.6. The van der Waals surface area contributed by atoms with Crippen molar-refractivity contribution in [1.29, 1.82) is 0 Å². The molecule has 2 heterocycles. The summed E-state index contributed by atoms with van der Waals surface area (Å²) in [4.78, 5) is 11.3. The molecule has 20 heavy (non-hydrogen) atoms. The Bertz CT molecular complexity index is 663. The monoisotopic (exact) mass is 278 g/mol. The van der Waals surface area contributed by atoms with E-state index in [1.165, 1.54) is 23.0 Å². The summed E-state index contributed by atoms with van der Waals surface area (Å²) in [5.74, 6) is -1.38. The molecule has 3 N–H and O–H groups in total. The molecule has 1 aromatic carbocycles. The van der Waals surface area contributed by atoms with Crippen molar-refractivity contribution in [2.45, 2.75) is 12.5 Å². The summed E-state index contributed by atoms with van der Waals surface area (Å²) < 4.78 is 28.2. The molecule has 0 aliphatic carbocycles. The number of anilines is 1. The van der Waals surface area contributed by atoms with Crippen molar-refractivity contribution >= 4 is 11.7 Å². The van der Waals surface area contributed by atoms with E-state index in [2.05, 4.69) is 10.4 Å². The van der Waals surface area contributed by atoms with Gasteiger partial charge in [0, 0.05) is 12.6 Å². The van der Waals surface area contributed by atoms with Gasteiger partial charge in [-0.2, -0.15) is 5.10 Å². The van der Waals surface area contributed by atoms with E-state index < -0.39 is 17.5 Å². The fourth-order valence-electron chi connectivity index (χ4n) is 2.48. The number of primary amides is 1. The van der Waals surface area contributed by atoms with Crippen molar-refractivity contribution in [1.82, 2.24) is 9.78 Å². The number of halogens is 2. The standard InChI is InChI=1S/C13H12F2N4O/c14-8-3-7(4-9(15)5-8)11-1-2-17-13-10(12(16)20)6-18-19(11)13/h3-6,11,17H,1-2H2,(H2,16,20). The molecule has 104 valence electrons. The Hall–Kier alpha value is -2.44. The lowest BCUT2D eigenvalue weighted by Gasteiger charge is -2.26. The highest BCUT2D eigenvalue weighted by Gasteiger charge is 2.26. The molecule has 0 fully saturated rings. The van der Waals surface area contributed by atoms with Crippen LogP contribution in [0.3, 0.4) is 0 Å². The zero-order valence-corrected chi connectivity index (χ0v) is 10.4. The lowest BCUT2D eigenvalue weighted by atomic mass is 10.0. The van der Waals surface area contributed by atoms with Crippen molar-refractivity contribution in [3.05, 3.63) is 47.2 Å². The Labute approximate surface area is 113 Å². The highest BCUT2D eigenvalue weighted by Crippen LogP contribution is 2.31. The van der Waals surface area contributed by atoms with E-state index in [1.807, 2.05) is 0 Å². The van der Waals surface area contributed by atoms with Crippen molar-refractivity contribution in [3.8, 4) is 0 Å². The van der Waals surface area contributed by atoms with Gasteiger partial charge >= 0.3 is 0 Å². The molecule has 1 aromatic heterocycles. The number of amides is 1. The molecule has 1 amide bonds. The number of hydrogen-bond donors (Lipinski definition) is 2. The maximum atomic E-state index is 13.3.